The average molecular weight is 303 g/mol. The number of imidazole rings is 1. The van der Waals surface area contributed by atoms with Crippen molar-refractivity contribution in [1.82, 2.24) is 9.55 Å². The van der Waals surface area contributed by atoms with Crippen molar-refractivity contribution in [1.29, 1.82) is 0 Å². The molecule has 1 aromatic carbocycles. The summed E-state index contributed by atoms with van der Waals surface area (Å²) in [5.41, 5.74) is 0.791. The summed E-state index contributed by atoms with van der Waals surface area (Å²) in [6.07, 6.45) is 5.15. The van der Waals surface area contributed by atoms with Crippen LogP contribution >= 0.6 is 11.8 Å². The number of anilines is 1. The quantitative estimate of drug-likeness (QED) is 0.943. The predicted molar refractivity (Wildman–Crippen MR) is 81.4 cm³/mol. The SMILES string of the molecule is Cn1ccnc1Sc1ccc(NC(=O)[C@@H]2CCCO2)cc1. The molecule has 0 aliphatic carbocycles. The van der Waals surface area contributed by atoms with Crippen LogP contribution in [0.4, 0.5) is 5.69 Å². The monoisotopic (exact) mass is 303 g/mol. The molecular formula is C15H17N3O2S. The van der Waals surface area contributed by atoms with E-state index in [1.165, 1.54) is 0 Å². The van der Waals surface area contributed by atoms with E-state index < -0.39 is 0 Å². The van der Waals surface area contributed by atoms with Crippen molar-refractivity contribution >= 4 is 23.4 Å². The summed E-state index contributed by atoms with van der Waals surface area (Å²) in [6.45, 7) is 0.678. The second-order valence-electron chi connectivity index (χ2n) is 4.94. The number of hydrogen-bond acceptors (Lipinski definition) is 4. The lowest BCUT2D eigenvalue weighted by Gasteiger charge is -2.10. The van der Waals surface area contributed by atoms with Gasteiger partial charge in [-0.3, -0.25) is 4.79 Å². The molecule has 110 valence electrons. The third-order valence-corrected chi connectivity index (χ3v) is 4.41. The van der Waals surface area contributed by atoms with Crippen molar-refractivity contribution in [2.45, 2.75) is 29.0 Å². The van der Waals surface area contributed by atoms with Gasteiger partial charge in [-0.05, 0) is 37.1 Å². The van der Waals surface area contributed by atoms with Gasteiger partial charge in [0.25, 0.3) is 5.91 Å². The largest absolute Gasteiger partial charge is 0.368 e. The Bertz CT molecular complexity index is 618. The molecule has 1 fully saturated rings. The molecule has 3 rings (SSSR count). The number of hydrogen-bond donors (Lipinski definition) is 1. The second-order valence-corrected chi connectivity index (χ2v) is 5.98. The molecule has 1 saturated heterocycles. The zero-order valence-electron chi connectivity index (χ0n) is 11.8. The Kier molecular flexibility index (Phi) is 4.26. The number of rotatable bonds is 4. The molecule has 0 unspecified atom stereocenters. The first-order valence-corrected chi connectivity index (χ1v) is 7.72. The topological polar surface area (TPSA) is 56.2 Å². The Balaban J connectivity index is 1.61. The highest BCUT2D eigenvalue weighted by Crippen LogP contribution is 2.27. The molecule has 1 atom stereocenters. The summed E-state index contributed by atoms with van der Waals surface area (Å²) in [6, 6.07) is 7.76. The zero-order chi connectivity index (χ0) is 14.7. The van der Waals surface area contributed by atoms with Crippen LogP contribution in [0.3, 0.4) is 0 Å². The molecule has 5 nitrogen and oxygen atoms in total. The van der Waals surface area contributed by atoms with E-state index in [9.17, 15) is 4.79 Å². The van der Waals surface area contributed by atoms with E-state index in [0.29, 0.717) is 6.61 Å². The summed E-state index contributed by atoms with van der Waals surface area (Å²) < 4.78 is 7.34. The lowest BCUT2D eigenvalue weighted by Crippen LogP contribution is -2.26. The van der Waals surface area contributed by atoms with E-state index in [1.54, 1.807) is 18.0 Å². The summed E-state index contributed by atoms with van der Waals surface area (Å²) in [5, 5.41) is 3.82. The van der Waals surface area contributed by atoms with Crippen LogP contribution in [-0.4, -0.2) is 28.2 Å². The molecule has 1 amide bonds. The Hall–Kier alpha value is -1.79. The molecule has 0 radical (unpaired) electrons. The molecule has 6 heteroatoms. The van der Waals surface area contributed by atoms with Crippen LogP contribution in [0.2, 0.25) is 0 Å². The van der Waals surface area contributed by atoms with Crippen LogP contribution in [-0.2, 0) is 16.6 Å². The molecule has 21 heavy (non-hydrogen) atoms. The van der Waals surface area contributed by atoms with E-state index in [4.69, 9.17) is 4.74 Å². The highest BCUT2D eigenvalue weighted by atomic mass is 32.2. The number of amides is 1. The highest BCUT2D eigenvalue weighted by Gasteiger charge is 2.23. The fourth-order valence-corrected chi connectivity index (χ4v) is 2.97. The number of nitrogens with one attached hydrogen (secondary N) is 1. The van der Waals surface area contributed by atoms with Crippen LogP contribution in [0.15, 0.2) is 46.7 Å². The van der Waals surface area contributed by atoms with Crippen molar-refractivity contribution in [3.63, 3.8) is 0 Å². The van der Waals surface area contributed by atoms with Crippen molar-refractivity contribution in [3.05, 3.63) is 36.7 Å². The van der Waals surface area contributed by atoms with E-state index in [1.807, 2.05) is 42.1 Å². The number of carbonyl (C=O) groups excluding carboxylic acids is 1. The van der Waals surface area contributed by atoms with Crippen LogP contribution < -0.4 is 5.32 Å². The maximum absolute atomic E-state index is 11.9. The second kappa shape index (κ2) is 6.32. The lowest BCUT2D eigenvalue weighted by atomic mass is 10.2. The van der Waals surface area contributed by atoms with Gasteiger partial charge in [0, 0.05) is 36.6 Å². The molecule has 0 saturated carbocycles. The number of aromatic nitrogens is 2. The Labute approximate surface area is 127 Å². The highest BCUT2D eigenvalue weighted by molar-refractivity contribution is 7.99. The summed E-state index contributed by atoms with van der Waals surface area (Å²) in [7, 11) is 1.96. The van der Waals surface area contributed by atoms with Gasteiger partial charge in [0.05, 0.1) is 0 Å². The van der Waals surface area contributed by atoms with Gasteiger partial charge in [-0.15, -0.1) is 0 Å². The van der Waals surface area contributed by atoms with Gasteiger partial charge in [0.2, 0.25) is 0 Å². The summed E-state index contributed by atoms with van der Waals surface area (Å²) >= 11 is 1.59. The number of benzene rings is 1. The first kappa shape index (κ1) is 14.2. The molecule has 2 heterocycles. The van der Waals surface area contributed by atoms with Crippen LogP contribution in [0.5, 0.6) is 0 Å². The average Bonchev–Trinajstić information content (AvgIpc) is 3.14. The third kappa shape index (κ3) is 3.46. The summed E-state index contributed by atoms with van der Waals surface area (Å²) in [5.74, 6) is -0.0583. The first-order valence-electron chi connectivity index (χ1n) is 6.90. The number of ether oxygens (including phenoxy) is 1. The van der Waals surface area contributed by atoms with Gasteiger partial charge in [-0.2, -0.15) is 0 Å². The first-order chi connectivity index (χ1) is 10.2. The number of aryl methyl sites for hydroxylation is 1. The molecule has 0 spiro atoms. The van der Waals surface area contributed by atoms with Crippen LogP contribution in [0.1, 0.15) is 12.8 Å². The molecule has 1 N–H and O–H groups in total. The van der Waals surface area contributed by atoms with Crippen molar-refractivity contribution in [2.75, 3.05) is 11.9 Å². The minimum atomic E-state index is -0.299. The van der Waals surface area contributed by atoms with E-state index in [0.717, 1.165) is 28.6 Å². The normalized spacial score (nSPS) is 17.9. The number of nitrogens with zero attached hydrogens (tertiary/aromatic N) is 2. The Morgan fingerprint density at radius 2 is 2.24 bits per heavy atom. The van der Waals surface area contributed by atoms with Crippen LogP contribution in [0, 0.1) is 0 Å². The van der Waals surface area contributed by atoms with Crippen molar-refractivity contribution in [2.24, 2.45) is 7.05 Å². The fourth-order valence-electron chi connectivity index (χ4n) is 2.17. The zero-order valence-corrected chi connectivity index (χ0v) is 12.6. The summed E-state index contributed by atoms with van der Waals surface area (Å²) in [4.78, 5) is 17.3. The third-order valence-electron chi connectivity index (χ3n) is 3.33. The fraction of sp³-hybridized carbons (Fsp3) is 0.333. The van der Waals surface area contributed by atoms with Crippen molar-refractivity contribution < 1.29 is 9.53 Å². The molecule has 2 aromatic rings. The van der Waals surface area contributed by atoms with Gasteiger partial charge >= 0.3 is 0 Å². The Morgan fingerprint density at radius 3 is 2.86 bits per heavy atom. The lowest BCUT2D eigenvalue weighted by molar-refractivity contribution is -0.124. The van der Waals surface area contributed by atoms with Gasteiger partial charge < -0.3 is 14.6 Å². The van der Waals surface area contributed by atoms with Gasteiger partial charge in [0.1, 0.15) is 6.10 Å². The molecular weight excluding hydrogens is 286 g/mol. The van der Waals surface area contributed by atoms with E-state index >= 15 is 0 Å². The van der Waals surface area contributed by atoms with E-state index in [-0.39, 0.29) is 12.0 Å². The predicted octanol–water partition coefficient (Wildman–Crippen LogP) is 2.69. The van der Waals surface area contributed by atoms with E-state index in [2.05, 4.69) is 10.3 Å². The maximum atomic E-state index is 11.9. The van der Waals surface area contributed by atoms with Crippen molar-refractivity contribution in [3.8, 4) is 0 Å². The van der Waals surface area contributed by atoms with Gasteiger partial charge in [-0.1, -0.05) is 11.8 Å². The van der Waals surface area contributed by atoms with Gasteiger partial charge in [-0.25, -0.2) is 4.98 Å². The van der Waals surface area contributed by atoms with Gasteiger partial charge in [0.15, 0.2) is 5.16 Å². The molecule has 1 aliphatic heterocycles. The maximum Gasteiger partial charge on any atom is 0.253 e. The number of carbonyl (C=O) groups is 1. The minimum Gasteiger partial charge on any atom is -0.368 e. The molecule has 1 aromatic heterocycles. The Morgan fingerprint density at radius 1 is 1.43 bits per heavy atom. The standard InChI is InChI=1S/C15H17N3O2S/c1-18-9-8-16-15(18)21-12-6-4-11(5-7-12)17-14(19)13-3-2-10-20-13/h4-9,13H,2-3,10H2,1H3,(H,17,19)/t13-/m0/s1. The van der Waals surface area contributed by atoms with Crippen LogP contribution in [0.25, 0.3) is 0 Å². The molecule has 1 aliphatic rings. The minimum absolute atomic E-state index is 0.0583. The molecule has 0 bridgehead atoms. The smallest absolute Gasteiger partial charge is 0.253 e.